The molecule has 1 amide bonds. The predicted molar refractivity (Wildman–Crippen MR) is 91.2 cm³/mol. The van der Waals surface area contributed by atoms with Crippen LogP contribution in [0.25, 0.3) is 11.3 Å². The summed E-state index contributed by atoms with van der Waals surface area (Å²) in [5.74, 6) is -0.409. The highest BCUT2D eigenvalue weighted by molar-refractivity contribution is 5.71. The summed E-state index contributed by atoms with van der Waals surface area (Å²) < 4.78 is 19.5. The zero-order chi connectivity index (χ0) is 17.2. The minimum absolute atomic E-state index is 0.331. The van der Waals surface area contributed by atoms with Crippen molar-refractivity contribution in [3.8, 4) is 11.3 Å². The largest absolute Gasteiger partial charge is 0.439 e. The Balaban J connectivity index is 1.73. The number of ether oxygens (including phenoxy) is 1. The van der Waals surface area contributed by atoms with E-state index in [1.54, 1.807) is 24.3 Å². The van der Waals surface area contributed by atoms with E-state index < -0.39 is 24.1 Å². The van der Waals surface area contributed by atoms with E-state index in [1.165, 1.54) is 6.07 Å². The number of pyridine rings is 1. The van der Waals surface area contributed by atoms with Crippen LogP contribution in [0, 0.1) is 5.82 Å². The fraction of sp³-hybridized carbons (Fsp3) is 0.100. The van der Waals surface area contributed by atoms with Gasteiger partial charge >= 0.3 is 6.09 Å². The summed E-state index contributed by atoms with van der Waals surface area (Å²) in [6, 6.07) is 21.1. The number of halogens is 1. The third-order valence-corrected chi connectivity index (χ3v) is 4.18. The van der Waals surface area contributed by atoms with Gasteiger partial charge in [0.15, 0.2) is 6.10 Å². The molecule has 124 valence electrons. The van der Waals surface area contributed by atoms with E-state index >= 15 is 0 Å². The average molecular weight is 334 g/mol. The summed E-state index contributed by atoms with van der Waals surface area (Å²) in [6.07, 6.45) is -1.34. The fourth-order valence-electron chi connectivity index (χ4n) is 2.99. The molecule has 3 aromatic rings. The number of aromatic nitrogens is 1. The second-order valence-corrected chi connectivity index (χ2v) is 5.78. The zero-order valence-corrected chi connectivity index (χ0v) is 13.2. The van der Waals surface area contributed by atoms with Gasteiger partial charge in [-0.25, -0.2) is 9.18 Å². The Morgan fingerprint density at radius 2 is 1.68 bits per heavy atom. The summed E-state index contributed by atoms with van der Waals surface area (Å²) in [4.78, 5) is 16.4. The molecule has 4 rings (SSSR count). The highest BCUT2D eigenvalue weighted by Gasteiger charge is 2.38. The van der Waals surface area contributed by atoms with Crippen LogP contribution in [0.1, 0.15) is 23.4 Å². The third-order valence-electron chi connectivity index (χ3n) is 4.18. The van der Waals surface area contributed by atoms with E-state index in [9.17, 15) is 9.18 Å². The van der Waals surface area contributed by atoms with Gasteiger partial charge in [0.2, 0.25) is 0 Å². The summed E-state index contributed by atoms with van der Waals surface area (Å²) in [5, 5.41) is 2.73. The predicted octanol–water partition coefficient (Wildman–Crippen LogP) is 4.41. The molecular formula is C20H15FN2O2. The molecule has 0 saturated carbocycles. The summed E-state index contributed by atoms with van der Waals surface area (Å²) in [5.41, 5.74) is 2.71. The molecule has 0 radical (unpaired) electrons. The molecule has 2 aromatic carbocycles. The quantitative estimate of drug-likeness (QED) is 0.772. The van der Waals surface area contributed by atoms with Crippen LogP contribution >= 0.6 is 0 Å². The van der Waals surface area contributed by atoms with Crippen LogP contribution in [0.3, 0.4) is 0 Å². The summed E-state index contributed by atoms with van der Waals surface area (Å²) in [7, 11) is 0. The molecule has 1 saturated heterocycles. The molecule has 0 spiro atoms. The number of cyclic esters (lactones) is 1. The summed E-state index contributed by atoms with van der Waals surface area (Å²) >= 11 is 0. The molecule has 1 aliphatic rings. The van der Waals surface area contributed by atoms with Crippen molar-refractivity contribution in [1.82, 2.24) is 10.3 Å². The van der Waals surface area contributed by atoms with Crippen LogP contribution in [-0.4, -0.2) is 11.1 Å². The lowest BCUT2D eigenvalue weighted by molar-refractivity contribution is 0.129. The molecule has 0 bridgehead atoms. The standard InChI is InChI=1S/C20H15FN2O2/c21-15-10-5-4-9-14(15)19-18(23-20(24)25-19)17-12-6-11-16(22-17)13-7-2-1-3-8-13/h1-12,18-19H,(H,23,24)/t18-,19-/m1/s1. The average Bonchev–Trinajstić information content (AvgIpc) is 3.04. The number of amides is 1. The molecule has 2 heterocycles. The van der Waals surface area contributed by atoms with Gasteiger partial charge < -0.3 is 10.1 Å². The fourth-order valence-corrected chi connectivity index (χ4v) is 2.99. The van der Waals surface area contributed by atoms with Crippen LogP contribution < -0.4 is 5.32 Å². The first-order valence-electron chi connectivity index (χ1n) is 7.96. The van der Waals surface area contributed by atoms with E-state index in [-0.39, 0.29) is 0 Å². The molecule has 5 heteroatoms. The molecule has 1 aromatic heterocycles. The van der Waals surface area contributed by atoms with Crippen molar-refractivity contribution in [2.75, 3.05) is 0 Å². The zero-order valence-electron chi connectivity index (χ0n) is 13.2. The van der Waals surface area contributed by atoms with Crippen molar-refractivity contribution < 1.29 is 13.9 Å². The van der Waals surface area contributed by atoms with Gasteiger partial charge in [0.05, 0.1) is 11.4 Å². The number of hydrogen-bond donors (Lipinski definition) is 1. The SMILES string of the molecule is O=C1N[C@H](c2cccc(-c3ccccc3)n2)[C@@H](c2ccccc2F)O1. The van der Waals surface area contributed by atoms with Gasteiger partial charge in [0.25, 0.3) is 0 Å². The molecule has 4 nitrogen and oxygen atoms in total. The molecule has 0 aliphatic carbocycles. The monoisotopic (exact) mass is 334 g/mol. The van der Waals surface area contributed by atoms with E-state index in [1.807, 2.05) is 42.5 Å². The lowest BCUT2D eigenvalue weighted by Crippen LogP contribution is -2.21. The van der Waals surface area contributed by atoms with Gasteiger partial charge in [-0.15, -0.1) is 0 Å². The molecule has 0 unspecified atom stereocenters. The molecule has 1 fully saturated rings. The Morgan fingerprint density at radius 3 is 2.48 bits per heavy atom. The molecular weight excluding hydrogens is 319 g/mol. The normalized spacial score (nSPS) is 19.3. The van der Waals surface area contributed by atoms with Gasteiger partial charge in [-0.3, -0.25) is 4.98 Å². The maximum Gasteiger partial charge on any atom is 0.408 e. The molecule has 1 aliphatic heterocycles. The van der Waals surface area contributed by atoms with Crippen molar-refractivity contribution in [3.05, 3.63) is 89.9 Å². The minimum Gasteiger partial charge on any atom is -0.439 e. The van der Waals surface area contributed by atoms with Crippen molar-refractivity contribution >= 4 is 6.09 Å². The number of carbonyl (C=O) groups is 1. The maximum absolute atomic E-state index is 14.2. The van der Waals surface area contributed by atoms with E-state index in [4.69, 9.17) is 4.74 Å². The van der Waals surface area contributed by atoms with Crippen LogP contribution in [0.15, 0.2) is 72.8 Å². The van der Waals surface area contributed by atoms with Crippen molar-refractivity contribution in [3.63, 3.8) is 0 Å². The Bertz CT molecular complexity index is 914. The highest BCUT2D eigenvalue weighted by Crippen LogP contribution is 2.37. The molecule has 25 heavy (non-hydrogen) atoms. The van der Waals surface area contributed by atoms with Crippen molar-refractivity contribution in [1.29, 1.82) is 0 Å². The summed E-state index contributed by atoms with van der Waals surface area (Å²) in [6.45, 7) is 0. The lowest BCUT2D eigenvalue weighted by Gasteiger charge is -2.18. The number of alkyl carbamates (subject to hydrolysis) is 1. The van der Waals surface area contributed by atoms with Gasteiger partial charge in [-0.2, -0.15) is 0 Å². The molecule has 2 atom stereocenters. The number of nitrogens with one attached hydrogen (secondary N) is 1. The maximum atomic E-state index is 14.2. The van der Waals surface area contributed by atoms with E-state index in [0.717, 1.165) is 11.3 Å². The van der Waals surface area contributed by atoms with Crippen LogP contribution in [0.2, 0.25) is 0 Å². The first-order valence-corrected chi connectivity index (χ1v) is 7.96. The smallest absolute Gasteiger partial charge is 0.408 e. The third kappa shape index (κ3) is 2.96. The van der Waals surface area contributed by atoms with Gasteiger partial charge in [-0.1, -0.05) is 54.6 Å². The first-order chi connectivity index (χ1) is 12.2. The first kappa shape index (κ1) is 15.3. The topological polar surface area (TPSA) is 51.2 Å². The Hall–Kier alpha value is -3.21. The Labute approximate surface area is 144 Å². The lowest BCUT2D eigenvalue weighted by atomic mass is 9.99. The van der Waals surface area contributed by atoms with Gasteiger partial charge in [-0.05, 0) is 18.2 Å². The van der Waals surface area contributed by atoms with Crippen LogP contribution in [-0.2, 0) is 4.74 Å². The minimum atomic E-state index is -0.757. The number of rotatable bonds is 3. The van der Waals surface area contributed by atoms with Crippen LogP contribution in [0.5, 0.6) is 0 Å². The number of benzene rings is 2. The second-order valence-electron chi connectivity index (χ2n) is 5.78. The second kappa shape index (κ2) is 6.36. The van der Waals surface area contributed by atoms with Gasteiger partial charge in [0, 0.05) is 11.1 Å². The number of hydrogen-bond acceptors (Lipinski definition) is 3. The Kier molecular flexibility index (Phi) is 3.90. The van der Waals surface area contributed by atoms with Crippen LogP contribution in [0.4, 0.5) is 9.18 Å². The van der Waals surface area contributed by atoms with Crippen molar-refractivity contribution in [2.24, 2.45) is 0 Å². The Morgan fingerprint density at radius 1 is 0.920 bits per heavy atom. The highest BCUT2D eigenvalue weighted by atomic mass is 19.1. The van der Waals surface area contributed by atoms with Crippen molar-refractivity contribution in [2.45, 2.75) is 12.1 Å². The van der Waals surface area contributed by atoms with E-state index in [0.29, 0.717) is 11.3 Å². The molecule has 1 N–H and O–H groups in total. The van der Waals surface area contributed by atoms with E-state index in [2.05, 4.69) is 10.3 Å². The number of carbonyl (C=O) groups excluding carboxylic acids is 1. The van der Waals surface area contributed by atoms with Gasteiger partial charge in [0.1, 0.15) is 11.9 Å². The number of nitrogens with zero attached hydrogens (tertiary/aromatic N) is 1.